The summed E-state index contributed by atoms with van der Waals surface area (Å²) in [5.74, 6) is 1.03. The van der Waals surface area contributed by atoms with Gasteiger partial charge in [-0.1, -0.05) is 91.0 Å². The monoisotopic (exact) mass is 560 g/mol. The lowest BCUT2D eigenvalue weighted by atomic mass is 10.0. The highest BCUT2D eigenvalue weighted by molar-refractivity contribution is 6.12. The van der Waals surface area contributed by atoms with Crippen molar-refractivity contribution in [3.05, 3.63) is 136 Å². The Morgan fingerprint density at radius 1 is 0.643 bits per heavy atom. The molecule has 1 aromatic heterocycles. The quantitative estimate of drug-likeness (QED) is 0.138. The van der Waals surface area contributed by atoms with Crippen molar-refractivity contribution in [1.82, 2.24) is 0 Å². The van der Waals surface area contributed by atoms with E-state index in [1.54, 1.807) is 12.1 Å². The molecule has 1 N–H and O–H groups in total. The standard InChI is InChI=1S/C35H28O7/c1-38-30-19-28(36)31-27-17-26(39-20-23-11-5-2-6-12-23)18-29(40-21-24-13-7-3-8-14-24)32(27)35(37)42-34(31)33(30)41-22-25-15-9-4-10-16-25/h2-19,36H,20-22H2,1H3. The summed E-state index contributed by atoms with van der Waals surface area (Å²) < 4.78 is 29.8. The predicted octanol–water partition coefficient (Wildman–Crippen LogP) is 7.40. The molecule has 6 rings (SSSR count). The molecule has 0 atom stereocenters. The molecule has 0 unspecified atom stereocenters. The van der Waals surface area contributed by atoms with E-state index in [9.17, 15) is 9.90 Å². The van der Waals surface area contributed by atoms with Crippen LogP contribution in [-0.4, -0.2) is 12.2 Å². The average Bonchev–Trinajstić information content (AvgIpc) is 3.03. The molecule has 0 aliphatic carbocycles. The van der Waals surface area contributed by atoms with Gasteiger partial charge in [-0.05, 0) is 22.8 Å². The number of benzene rings is 5. The van der Waals surface area contributed by atoms with Gasteiger partial charge < -0.3 is 28.5 Å². The molecule has 5 aromatic carbocycles. The van der Waals surface area contributed by atoms with Crippen LogP contribution in [0.15, 0.2) is 118 Å². The summed E-state index contributed by atoms with van der Waals surface area (Å²) in [5.41, 5.74) is 2.24. The third kappa shape index (κ3) is 5.58. The minimum atomic E-state index is -0.646. The Morgan fingerprint density at radius 2 is 1.19 bits per heavy atom. The van der Waals surface area contributed by atoms with Crippen LogP contribution in [0.3, 0.4) is 0 Å². The summed E-state index contributed by atoms with van der Waals surface area (Å²) in [6, 6.07) is 33.8. The molecule has 7 nitrogen and oxygen atoms in total. The van der Waals surface area contributed by atoms with Gasteiger partial charge in [0.05, 0.1) is 12.5 Å². The summed E-state index contributed by atoms with van der Waals surface area (Å²) in [6.45, 7) is 0.717. The summed E-state index contributed by atoms with van der Waals surface area (Å²) in [5, 5.41) is 12.1. The maximum absolute atomic E-state index is 13.6. The Hall–Kier alpha value is -5.43. The molecule has 210 valence electrons. The zero-order valence-electron chi connectivity index (χ0n) is 22.9. The van der Waals surface area contributed by atoms with E-state index in [0.717, 1.165) is 16.7 Å². The van der Waals surface area contributed by atoms with E-state index in [0.29, 0.717) is 17.7 Å². The molecule has 0 spiro atoms. The van der Waals surface area contributed by atoms with Crippen molar-refractivity contribution in [2.45, 2.75) is 19.8 Å². The van der Waals surface area contributed by atoms with Gasteiger partial charge in [-0.2, -0.15) is 0 Å². The van der Waals surface area contributed by atoms with Gasteiger partial charge in [0.25, 0.3) is 0 Å². The van der Waals surface area contributed by atoms with Gasteiger partial charge in [0.15, 0.2) is 11.3 Å². The van der Waals surface area contributed by atoms with Crippen LogP contribution in [0.1, 0.15) is 16.7 Å². The van der Waals surface area contributed by atoms with Gasteiger partial charge in [-0.25, -0.2) is 4.79 Å². The van der Waals surface area contributed by atoms with E-state index >= 15 is 0 Å². The second kappa shape index (κ2) is 12.0. The fourth-order valence-corrected chi connectivity index (χ4v) is 4.79. The molecular formula is C35H28O7. The van der Waals surface area contributed by atoms with E-state index in [1.165, 1.54) is 13.2 Å². The molecular weight excluding hydrogens is 532 g/mol. The number of methoxy groups -OCH3 is 1. The van der Waals surface area contributed by atoms with Crippen LogP contribution in [-0.2, 0) is 19.8 Å². The van der Waals surface area contributed by atoms with Gasteiger partial charge in [0.1, 0.15) is 42.5 Å². The number of hydrogen-bond acceptors (Lipinski definition) is 7. The normalized spacial score (nSPS) is 11.0. The van der Waals surface area contributed by atoms with Crippen molar-refractivity contribution < 1.29 is 28.5 Å². The fourth-order valence-electron chi connectivity index (χ4n) is 4.79. The van der Waals surface area contributed by atoms with Crippen LogP contribution in [0.5, 0.6) is 28.7 Å². The van der Waals surface area contributed by atoms with Crippen molar-refractivity contribution in [2.75, 3.05) is 7.11 Å². The van der Waals surface area contributed by atoms with Crippen molar-refractivity contribution in [1.29, 1.82) is 0 Å². The predicted molar refractivity (Wildman–Crippen MR) is 161 cm³/mol. The largest absolute Gasteiger partial charge is 0.507 e. The molecule has 0 amide bonds. The van der Waals surface area contributed by atoms with Gasteiger partial charge in [-0.15, -0.1) is 0 Å². The fraction of sp³-hybridized carbons (Fsp3) is 0.114. The summed E-state index contributed by atoms with van der Waals surface area (Å²) in [6.07, 6.45) is 0. The van der Waals surface area contributed by atoms with Crippen molar-refractivity contribution in [3.63, 3.8) is 0 Å². The van der Waals surface area contributed by atoms with Gasteiger partial charge in [0.2, 0.25) is 5.75 Å². The first-order valence-electron chi connectivity index (χ1n) is 13.5. The highest BCUT2D eigenvalue weighted by Gasteiger charge is 2.23. The van der Waals surface area contributed by atoms with Crippen molar-refractivity contribution in [2.24, 2.45) is 0 Å². The van der Waals surface area contributed by atoms with Crippen LogP contribution in [0.2, 0.25) is 0 Å². The van der Waals surface area contributed by atoms with Gasteiger partial charge >= 0.3 is 5.63 Å². The molecule has 1 heterocycles. The Kier molecular flexibility index (Phi) is 7.64. The zero-order chi connectivity index (χ0) is 28.9. The summed E-state index contributed by atoms with van der Waals surface area (Å²) in [7, 11) is 1.46. The third-order valence-corrected chi connectivity index (χ3v) is 6.86. The first-order chi connectivity index (χ1) is 20.6. The van der Waals surface area contributed by atoms with E-state index < -0.39 is 5.63 Å². The van der Waals surface area contributed by atoms with Crippen LogP contribution in [0, 0.1) is 0 Å². The minimum Gasteiger partial charge on any atom is -0.507 e. The molecule has 42 heavy (non-hydrogen) atoms. The second-order valence-corrected chi connectivity index (χ2v) is 9.69. The topological polar surface area (TPSA) is 87.4 Å². The molecule has 0 aliphatic heterocycles. The Labute approximate surface area is 242 Å². The van der Waals surface area contributed by atoms with E-state index in [4.69, 9.17) is 23.4 Å². The van der Waals surface area contributed by atoms with Crippen LogP contribution in [0.25, 0.3) is 21.7 Å². The number of phenolic OH excluding ortho intramolecular Hbond substituents is 1. The maximum atomic E-state index is 13.6. The lowest BCUT2D eigenvalue weighted by molar-refractivity contribution is 0.282. The SMILES string of the molecule is COc1cc(O)c2c(oc(=O)c3c(OCc4ccccc4)cc(OCc4ccccc4)cc32)c1OCc1ccccc1. The average molecular weight is 561 g/mol. The summed E-state index contributed by atoms with van der Waals surface area (Å²) >= 11 is 0. The van der Waals surface area contributed by atoms with E-state index in [1.807, 2.05) is 91.0 Å². The number of ether oxygens (including phenoxy) is 4. The molecule has 6 aromatic rings. The smallest absolute Gasteiger partial charge is 0.348 e. The lowest BCUT2D eigenvalue weighted by Crippen LogP contribution is -2.07. The van der Waals surface area contributed by atoms with Gasteiger partial charge in [-0.3, -0.25) is 0 Å². The molecule has 0 radical (unpaired) electrons. The molecule has 0 fully saturated rings. The van der Waals surface area contributed by atoms with E-state index in [-0.39, 0.29) is 52.6 Å². The maximum Gasteiger partial charge on any atom is 0.348 e. The molecule has 0 bridgehead atoms. The van der Waals surface area contributed by atoms with Crippen LogP contribution >= 0.6 is 0 Å². The Balaban J connectivity index is 1.50. The van der Waals surface area contributed by atoms with E-state index in [2.05, 4.69) is 0 Å². The zero-order valence-corrected chi connectivity index (χ0v) is 22.9. The molecule has 0 aliphatic rings. The van der Waals surface area contributed by atoms with Crippen LogP contribution in [0.4, 0.5) is 0 Å². The van der Waals surface area contributed by atoms with Gasteiger partial charge in [0, 0.05) is 17.5 Å². The molecule has 0 saturated carbocycles. The number of aromatic hydroxyl groups is 1. The molecule has 7 heteroatoms. The number of fused-ring (bicyclic) bond motifs is 3. The van der Waals surface area contributed by atoms with Crippen molar-refractivity contribution >= 4 is 21.7 Å². The van der Waals surface area contributed by atoms with Crippen LogP contribution < -0.4 is 24.6 Å². The second-order valence-electron chi connectivity index (χ2n) is 9.69. The minimum absolute atomic E-state index is 0.0644. The highest BCUT2D eigenvalue weighted by Crippen LogP contribution is 2.45. The Morgan fingerprint density at radius 3 is 1.76 bits per heavy atom. The summed E-state index contributed by atoms with van der Waals surface area (Å²) in [4.78, 5) is 13.6. The number of phenols is 1. The highest BCUT2D eigenvalue weighted by atomic mass is 16.5. The first kappa shape index (κ1) is 26.8. The van der Waals surface area contributed by atoms with Crippen molar-refractivity contribution in [3.8, 4) is 28.7 Å². The Bertz CT molecular complexity index is 1880. The first-order valence-corrected chi connectivity index (χ1v) is 13.5. The molecule has 0 saturated heterocycles. The third-order valence-electron chi connectivity index (χ3n) is 6.86. The number of rotatable bonds is 10. The number of hydrogen-bond donors (Lipinski definition) is 1. The lowest BCUT2D eigenvalue weighted by Gasteiger charge is -2.17.